The number of aromatic nitrogens is 1. The van der Waals surface area contributed by atoms with Gasteiger partial charge in [-0.3, -0.25) is 4.79 Å². The normalized spacial score (nSPS) is 20.2. The number of rotatable bonds is 3. The maximum Gasteiger partial charge on any atom is 0.321 e. The van der Waals surface area contributed by atoms with Crippen LogP contribution in [0, 0.1) is 12.3 Å². The van der Waals surface area contributed by atoms with Crippen molar-refractivity contribution in [2.24, 2.45) is 5.41 Å². The summed E-state index contributed by atoms with van der Waals surface area (Å²) in [6.07, 6.45) is 3.51. The first-order valence-corrected chi connectivity index (χ1v) is 7.69. The summed E-state index contributed by atoms with van der Waals surface area (Å²) in [5.74, 6) is -0.386. The number of urea groups is 1. The Bertz CT molecular complexity index is 772. The summed E-state index contributed by atoms with van der Waals surface area (Å²) in [6.45, 7) is 4.16. The van der Waals surface area contributed by atoms with Crippen molar-refractivity contribution in [1.82, 2.24) is 9.88 Å². The molecule has 1 aromatic carbocycles. The second-order valence-electron chi connectivity index (χ2n) is 6.28. The number of nitrogens with one attached hydrogen (secondary N) is 1. The Morgan fingerprint density at radius 2 is 2.21 bits per heavy atom. The van der Waals surface area contributed by atoms with Gasteiger partial charge in [-0.1, -0.05) is 6.07 Å². The number of carboxylic acid groups (broad SMARTS) is 1. The van der Waals surface area contributed by atoms with Crippen molar-refractivity contribution in [2.45, 2.75) is 20.3 Å². The largest absolute Gasteiger partial charge is 0.481 e. The summed E-state index contributed by atoms with van der Waals surface area (Å²) in [7, 11) is 0. The second kappa shape index (κ2) is 5.99. The van der Waals surface area contributed by atoms with Gasteiger partial charge < -0.3 is 19.7 Å². The van der Waals surface area contributed by atoms with Gasteiger partial charge in [0.15, 0.2) is 0 Å². The number of aliphatic carboxylic acids is 1. The van der Waals surface area contributed by atoms with Crippen molar-refractivity contribution in [2.75, 3.05) is 18.4 Å². The molecule has 2 aromatic rings. The number of likely N-dealkylation sites (tertiary alicyclic amines) is 1. The van der Waals surface area contributed by atoms with Crippen molar-refractivity contribution >= 4 is 17.7 Å². The fourth-order valence-electron chi connectivity index (χ4n) is 2.86. The minimum Gasteiger partial charge on any atom is -0.481 e. The summed E-state index contributed by atoms with van der Waals surface area (Å²) in [5.41, 5.74) is 1.41. The Morgan fingerprint density at radius 1 is 1.42 bits per heavy atom. The number of carbonyl (C=O) groups excluding carboxylic acids is 1. The van der Waals surface area contributed by atoms with Gasteiger partial charge in [-0.2, -0.15) is 0 Å². The molecule has 7 heteroatoms. The van der Waals surface area contributed by atoms with E-state index in [0.29, 0.717) is 24.5 Å². The predicted octanol–water partition coefficient (Wildman–Crippen LogP) is 2.98. The number of carboxylic acids is 1. The quantitative estimate of drug-likeness (QED) is 0.902. The number of hydrogen-bond donors (Lipinski definition) is 2. The number of nitrogens with zero attached hydrogens (tertiary/aromatic N) is 2. The van der Waals surface area contributed by atoms with E-state index in [-0.39, 0.29) is 12.6 Å². The molecule has 1 fully saturated rings. The summed E-state index contributed by atoms with van der Waals surface area (Å²) < 4.78 is 5.31. The lowest BCUT2D eigenvalue weighted by molar-refractivity contribution is -0.146. The first-order chi connectivity index (χ1) is 11.4. The van der Waals surface area contributed by atoms with Gasteiger partial charge in [-0.15, -0.1) is 0 Å². The first kappa shape index (κ1) is 16.0. The van der Waals surface area contributed by atoms with Crippen LogP contribution in [0.1, 0.15) is 18.9 Å². The summed E-state index contributed by atoms with van der Waals surface area (Å²) >= 11 is 0. The van der Waals surface area contributed by atoms with Crippen LogP contribution >= 0.6 is 0 Å². The number of hydrogen-bond acceptors (Lipinski definition) is 4. The van der Waals surface area contributed by atoms with Crippen molar-refractivity contribution in [3.8, 4) is 11.5 Å². The van der Waals surface area contributed by atoms with Crippen LogP contribution < -0.4 is 5.32 Å². The number of benzene rings is 1. The maximum absolute atomic E-state index is 12.5. The van der Waals surface area contributed by atoms with Gasteiger partial charge in [-0.05, 0) is 38.0 Å². The molecule has 0 spiro atoms. The molecule has 1 aliphatic rings. The minimum atomic E-state index is -0.883. The standard InChI is InChI=1S/C17H19N3O4/c1-11-12(14-18-7-9-24-14)4-3-5-13(11)19-16(23)20-8-6-17(2,10-20)15(21)22/h3-5,7,9H,6,8,10H2,1-2H3,(H,19,23)(H,21,22). The van der Waals surface area contributed by atoms with E-state index in [9.17, 15) is 14.7 Å². The third kappa shape index (κ3) is 2.84. The van der Waals surface area contributed by atoms with Gasteiger partial charge in [0, 0.05) is 24.3 Å². The van der Waals surface area contributed by atoms with Crippen molar-refractivity contribution < 1.29 is 19.1 Å². The highest BCUT2D eigenvalue weighted by Gasteiger charge is 2.42. The molecule has 7 nitrogen and oxygen atoms in total. The molecule has 1 saturated heterocycles. The monoisotopic (exact) mass is 329 g/mol. The Balaban J connectivity index is 1.76. The highest BCUT2D eigenvalue weighted by atomic mass is 16.4. The lowest BCUT2D eigenvalue weighted by Gasteiger charge is -2.21. The molecule has 1 aliphatic heterocycles. The molecule has 1 unspecified atom stereocenters. The van der Waals surface area contributed by atoms with E-state index in [4.69, 9.17) is 4.42 Å². The number of amides is 2. The Hall–Kier alpha value is -2.83. The van der Waals surface area contributed by atoms with Gasteiger partial charge in [0.25, 0.3) is 0 Å². The molecule has 2 N–H and O–H groups in total. The molecular formula is C17H19N3O4. The van der Waals surface area contributed by atoms with E-state index in [0.717, 1.165) is 11.1 Å². The van der Waals surface area contributed by atoms with Gasteiger partial charge in [-0.25, -0.2) is 9.78 Å². The fourth-order valence-corrected chi connectivity index (χ4v) is 2.86. The zero-order chi connectivity index (χ0) is 17.3. The van der Waals surface area contributed by atoms with Crippen molar-refractivity contribution in [1.29, 1.82) is 0 Å². The average Bonchev–Trinajstić information content (AvgIpc) is 3.19. The van der Waals surface area contributed by atoms with Crippen LogP contribution in [0.4, 0.5) is 10.5 Å². The molecule has 0 aliphatic carbocycles. The fraction of sp³-hybridized carbons (Fsp3) is 0.353. The topological polar surface area (TPSA) is 95.7 Å². The van der Waals surface area contributed by atoms with E-state index >= 15 is 0 Å². The Kier molecular flexibility index (Phi) is 4.01. The van der Waals surface area contributed by atoms with Crippen LogP contribution in [0.25, 0.3) is 11.5 Å². The maximum atomic E-state index is 12.5. The third-order valence-electron chi connectivity index (χ3n) is 4.51. The molecule has 2 amide bonds. The number of oxazole rings is 1. The van der Waals surface area contributed by atoms with Crippen LogP contribution in [-0.4, -0.2) is 40.1 Å². The molecule has 1 atom stereocenters. The van der Waals surface area contributed by atoms with Crippen LogP contribution in [0.15, 0.2) is 35.1 Å². The third-order valence-corrected chi connectivity index (χ3v) is 4.51. The van der Waals surface area contributed by atoms with E-state index in [2.05, 4.69) is 10.3 Å². The number of anilines is 1. The summed E-state index contributed by atoms with van der Waals surface area (Å²) in [6, 6.07) is 5.18. The zero-order valence-corrected chi connectivity index (χ0v) is 13.6. The lowest BCUT2D eigenvalue weighted by Crippen LogP contribution is -2.37. The highest BCUT2D eigenvalue weighted by molar-refractivity contribution is 5.92. The smallest absolute Gasteiger partial charge is 0.321 e. The van der Waals surface area contributed by atoms with E-state index in [1.54, 1.807) is 19.2 Å². The van der Waals surface area contributed by atoms with Gasteiger partial charge in [0.05, 0.1) is 11.6 Å². The van der Waals surface area contributed by atoms with Crippen LogP contribution in [-0.2, 0) is 4.79 Å². The van der Waals surface area contributed by atoms with Crippen LogP contribution in [0.5, 0.6) is 0 Å². The van der Waals surface area contributed by atoms with Gasteiger partial charge in [0.1, 0.15) is 6.26 Å². The number of carbonyl (C=O) groups is 2. The molecule has 3 rings (SSSR count). The van der Waals surface area contributed by atoms with Crippen LogP contribution in [0.2, 0.25) is 0 Å². The molecule has 0 radical (unpaired) electrons. The van der Waals surface area contributed by atoms with Crippen molar-refractivity contribution in [3.63, 3.8) is 0 Å². The molecule has 0 bridgehead atoms. The van der Waals surface area contributed by atoms with E-state index in [1.165, 1.54) is 11.2 Å². The molecule has 24 heavy (non-hydrogen) atoms. The minimum absolute atomic E-state index is 0.201. The highest BCUT2D eigenvalue weighted by Crippen LogP contribution is 2.31. The Labute approximate surface area is 139 Å². The molecule has 126 valence electrons. The predicted molar refractivity (Wildman–Crippen MR) is 87.6 cm³/mol. The summed E-state index contributed by atoms with van der Waals surface area (Å²) in [5, 5.41) is 12.1. The van der Waals surface area contributed by atoms with Gasteiger partial charge in [0.2, 0.25) is 5.89 Å². The molecule has 2 heterocycles. The zero-order valence-electron chi connectivity index (χ0n) is 13.6. The second-order valence-corrected chi connectivity index (χ2v) is 6.28. The molecule has 0 saturated carbocycles. The van der Waals surface area contributed by atoms with E-state index < -0.39 is 11.4 Å². The Morgan fingerprint density at radius 3 is 2.83 bits per heavy atom. The van der Waals surface area contributed by atoms with E-state index in [1.807, 2.05) is 19.1 Å². The van der Waals surface area contributed by atoms with Gasteiger partial charge >= 0.3 is 12.0 Å². The molecule has 1 aromatic heterocycles. The van der Waals surface area contributed by atoms with Crippen molar-refractivity contribution in [3.05, 3.63) is 36.2 Å². The molecular weight excluding hydrogens is 310 g/mol. The first-order valence-electron chi connectivity index (χ1n) is 7.69. The van der Waals surface area contributed by atoms with Crippen LogP contribution in [0.3, 0.4) is 0 Å². The summed E-state index contributed by atoms with van der Waals surface area (Å²) in [4.78, 5) is 29.4. The average molecular weight is 329 g/mol. The SMILES string of the molecule is Cc1c(NC(=O)N2CCC(C)(C(=O)O)C2)cccc1-c1ncco1. The lowest BCUT2D eigenvalue weighted by atomic mass is 9.90.